The molecular weight excluding hydrogens is 469 g/mol. The first-order valence-electron chi connectivity index (χ1n) is 9.59. The smallest absolute Gasteiger partial charge is 0.354 e. The number of rotatable bonds is 3. The van der Waals surface area contributed by atoms with Gasteiger partial charge in [0.1, 0.15) is 11.0 Å². The highest BCUT2D eigenvalue weighted by Crippen LogP contribution is 2.33. The van der Waals surface area contributed by atoms with Gasteiger partial charge in [0.15, 0.2) is 0 Å². The second kappa shape index (κ2) is 8.05. The molecule has 0 aliphatic carbocycles. The van der Waals surface area contributed by atoms with Crippen LogP contribution in [0, 0.1) is 0 Å². The van der Waals surface area contributed by atoms with Crippen LogP contribution < -0.4 is 4.90 Å². The molecule has 170 valence electrons. The van der Waals surface area contributed by atoms with E-state index in [4.69, 9.17) is 11.6 Å². The van der Waals surface area contributed by atoms with Crippen LogP contribution in [0.3, 0.4) is 0 Å². The summed E-state index contributed by atoms with van der Waals surface area (Å²) < 4.78 is 68.1. The zero-order chi connectivity index (χ0) is 23.3. The van der Waals surface area contributed by atoms with Gasteiger partial charge in [-0.15, -0.1) is 0 Å². The molecule has 1 aromatic carbocycles. The van der Waals surface area contributed by atoms with Gasteiger partial charge in [-0.2, -0.15) is 17.5 Å². The fourth-order valence-corrected chi connectivity index (χ4v) is 5.33. The van der Waals surface area contributed by atoms with Gasteiger partial charge in [0.25, 0.3) is 0 Å². The standard InChI is InChI=1S/C20H18ClF3N4O3S/c1-13(29)28-5-4-14-10-16(2-3-17(14)28)32(30,31)27-8-6-26(7-9-27)19-12-15(20(22,23)24)11-18(21)25-19/h2-5,10-12H,6-9H2,1H3. The number of hydrogen-bond donors (Lipinski definition) is 0. The van der Waals surface area contributed by atoms with Crippen LogP contribution in [0.4, 0.5) is 19.0 Å². The van der Waals surface area contributed by atoms with E-state index in [1.165, 1.54) is 27.9 Å². The van der Waals surface area contributed by atoms with Crippen molar-refractivity contribution in [2.24, 2.45) is 0 Å². The highest BCUT2D eigenvalue weighted by Gasteiger charge is 2.33. The van der Waals surface area contributed by atoms with Gasteiger partial charge in [0, 0.05) is 44.7 Å². The van der Waals surface area contributed by atoms with Crippen LogP contribution in [0.1, 0.15) is 17.3 Å². The second-order valence-corrected chi connectivity index (χ2v) is 9.68. The minimum Gasteiger partial charge on any atom is -0.354 e. The maximum Gasteiger partial charge on any atom is 0.416 e. The number of carbonyl (C=O) groups excluding carboxylic acids is 1. The number of fused-ring (bicyclic) bond motifs is 1. The Hall–Kier alpha value is -2.63. The molecule has 0 amide bonds. The van der Waals surface area contributed by atoms with Crippen molar-refractivity contribution in [2.45, 2.75) is 18.0 Å². The first-order valence-corrected chi connectivity index (χ1v) is 11.4. The van der Waals surface area contributed by atoms with Gasteiger partial charge in [-0.1, -0.05) is 11.6 Å². The Morgan fingerprint density at radius 2 is 1.75 bits per heavy atom. The average molecular weight is 487 g/mol. The van der Waals surface area contributed by atoms with Gasteiger partial charge in [-0.25, -0.2) is 13.4 Å². The number of hydrogen-bond acceptors (Lipinski definition) is 5. The van der Waals surface area contributed by atoms with Gasteiger partial charge in [-0.05, 0) is 36.4 Å². The van der Waals surface area contributed by atoms with Crippen molar-refractivity contribution in [1.29, 1.82) is 0 Å². The molecule has 7 nitrogen and oxygen atoms in total. The quantitative estimate of drug-likeness (QED) is 0.525. The number of sulfonamides is 1. The van der Waals surface area contributed by atoms with Crippen LogP contribution in [0.2, 0.25) is 5.15 Å². The molecular formula is C20H18ClF3N4O3S. The predicted octanol–water partition coefficient (Wildman–Crippen LogP) is 3.88. The summed E-state index contributed by atoms with van der Waals surface area (Å²) in [4.78, 5) is 17.3. The molecule has 0 saturated carbocycles. The molecule has 4 rings (SSSR count). The van der Waals surface area contributed by atoms with Crippen LogP contribution >= 0.6 is 11.6 Å². The van der Waals surface area contributed by atoms with Crippen molar-refractivity contribution < 1.29 is 26.4 Å². The van der Waals surface area contributed by atoms with Crippen LogP contribution in [0.25, 0.3) is 10.9 Å². The van der Waals surface area contributed by atoms with Crippen molar-refractivity contribution in [3.05, 3.63) is 53.3 Å². The Kier molecular flexibility index (Phi) is 5.68. The van der Waals surface area contributed by atoms with Crippen molar-refractivity contribution >= 4 is 44.3 Å². The predicted molar refractivity (Wildman–Crippen MR) is 113 cm³/mol. The van der Waals surface area contributed by atoms with E-state index < -0.39 is 21.8 Å². The van der Waals surface area contributed by atoms with E-state index in [1.807, 2.05) is 0 Å². The average Bonchev–Trinajstić information content (AvgIpc) is 3.16. The van der Waals surface area contributed by atoms with E-state index in [9.17, 15) is 26.4 Å². The highest BCUT2D eigenvalue weighted by atomic mass is 35.5. The fourth-order valence-electron chi connectivity index (χ4n) is 3.67. The van der Waals surface area contributed by atoms with Crippen LogP contribution in [0.5, 0.6) is 0 Å². The minimum absolute atomic E-state index is 0.0499. The second-order valence-electron chi connectivity index (χ2n) is 7.35. The summed E-state index contributed by atoms with van der Waals surface area (Å²) in [5.41, 5.74) is -0.304. The molecule has 12 heteroatoms. The van der Waals surface area contributed by atoms with E-state index in [1.54, 1.807) is 23.2 Å². The van der Waals surface area contributed by atoms with Crippen LogP contribution in [0.15, 0.2) is 47.5 Å². The summed E-state index contributed by atoms with van der Waals surface area (Å²) >= 11 is 5.76. The number of benzene rings is 1. The lowest BCUT2D eigenvalue weighted by Gasteiger charge is -2.35. The molecule has 1 fully saturated rings. The normalized spacial score (nSPS) is 16.0. The number of pyridine rings is 1. The number of halogens is 4. The monoisotopic (exact) mass is 486 g/mol. The summed E-state index contributed by atoms with van der Waals surface area (Å²) in [6.45, 7) is 1.88. The molecule has 0 N–H and O–H groups in total. The molecule has 3 heterocycles. The van der Waals surface area contributed by atoms with Gasteiger partial charge in [0.05, 0.1) is 16.0 Å². The third kappa shape index (κ3) is 4.19. The Morgan fingerprint density at radius 1 is 1.06 bits per heavy atom. The molecule has 1 saturated heterocycles. The van der Waals surface area contributed by atoms with Gasteiger partial charge in [-0.3, -0.25) is 9.36 Å². The summed E-state index contributed by atoms with van der Waals surface area (Å²) in [5, 5.41) is 0.332. The van der Waals surface area contributed by atoms with E-state index in [0.29, 0.717) is 10.9 Å². The van der Waals surface area contributed by atoms with Crippen LogP contribution in [-0.2, 0) is 16.2 Å². The maximum absolute atomic E-state index is 13.1. The lowest BCUT2D eigenvalue weighted by molar-refractivity contribution is -0.137. The van der Waals surface area contributed by atoms with E-state index in [0.717, 1.165) is 12.1 Å². The summed E-state index contributed by atoms with van der Waals surface area (Å²) in [5.74, 6) is -0.135. The van der Waals surface area contributed by atoms with E-state index >= 15 is 0 Å². The van der Waals surface area contributed by atoms with Gasteiger partial charge >= 0.3 is 6.18 Å². The first kappa shape index (κ1) is 22.6. The molecule has 0 radical (unpaired) electrons. The van der Waals surface area contributed by atoms with E-state index in [2.05, 4.69) is 4.98 Å². The van der Waals surface area contributed by atoms with E-state index in [-0.39, 0.29) is 48.0 Å². The molecule has 0 unspecified atom stereocenters. The third-order valence-corrected chi connectivity index (χ3v) is 7.40. The molecule has 0 atom stereocenters. The van der Waals surface area contributed by atoms with Crippen molar-refractivity contribution in [1.82, 2.24) is 13.9 Å². The first-order chi connectivity index (χ1) is 15.0. The Labute approximate surface area is 187 Å². The fraction of sp³-hybridized carbons (Fsp3) is 0.300. The molecule has 0 bridgehead atoms. The zero-order valence-corrected chi connectivity index (χ0v) is 18.4. The SMILES string of the molecule is CC(=O)n1ccc2cc(S(=O)(=O)N3CCN(c4cc(C(F)(F)F)cc(Cl)n4)CC3)ccc21. The number of nitrogens with zero attached hydrogens (tertiary/aromatic N) is 4. The lowest BCUT2D eigenvalue weighted by Crippen LogP contribution is -2.49. The molecule has 1 aliphatic rings. The molecule has 32 heavy (non-hydrogen) atoms. The largest absolute Gasteiger partial charge is 0.416 e. The highest BCUT2D eigenvalue weighted by molar-refractivity contribution is 7.89. The maximum atomic E-state index is 13.1. The lowest BCUT2D eigenvalue weighted by atomic mass is 10.2. The molecule has 1 aliphatic heterocycles. The molecule has 0 spiro atoms. The van der Waals surface area contributed by atoms with Crippen LogP contribution in [-0.4, -0.2) is 54.4 Å². The number of alkyl halides is 3. The Balaban J connectivity index is 1.53. The molecule has 3 aromatic rings. The zero-order valence-electron chi connectivity index (χ0n) is 16.8. The number of piperazine rings is 1. The number of carbonyl (C=O) groups is 1. The Bertz CT molecular complexity index is 1300. The van der Waals surface area contributed by atoms with Crippen molar-refractivity contribution in [3.63, 3.8) is 0 Å². The Morgan fingerprint density at radius 3 is 2.38 bits per heavy atom. The van der Waals surface area contributed by atoms with Crippen molar-refractivity contribution in [2.75, 3.05) is 31.1 Å². The minimum atomic E-state index is -4.56. The number of anilines is 1. The summed E-state index contributed by atoms with van der Waals surface area (Å²) in [6.07, 6.45) is -2.98. The summed E-state index contributed by atoms with van der Waals surface area (Å²) in [6, 6.07) is 7.85. The third-order valence-electron chi connectivity index (χ3n) is 5.31. The summed E-state index contributed by atoms with van der Waals surface area (Å²) in [7, 11) is -3.82. The number of aromatic nitrogens is 2. The molecule has 2 aromatic heterocycles. The topological polar surface area (TPSA) is 75.5 Å². The van der Waals surface area contributed by atoms with Gasteiger partial charge in [0.2, 0.25) is 15.9 Å². The van der Waals surface area contributed by atoms with Gasteiger partial charge < -0.3 is 4.90 Å². The van der Waals surface area contributed by atoms with Crippen molar-refractivity contribution in [3.8, 4) is 0 Å².